The van der Waals surface area contributed by atoms with Crippen LogP contribution < -0.4 is 4.90 Å². The van der Waals surface area contributed by atoms with Gasteiger partial charge in [-0.15, -0.1) is 0 Å². The lowest BCUT2D eigenvalue weighted by atomic mass is 10.2. The van der Waals surface area contributed by atoms with Crippen molar-refractivity contribution in [3.8, 4) is 0 Å². The van der Waals surface area contributed by atoms with Gasteiger partial charge in [-0.2, -0.15) is 0 Å². The Balaban J connectivity index is 1.64. The van der Waals surface area contributed by atoms with Crippen molar-refractivity contribution in [2.24, 2.45) is 0 Å². The van der Waals surface area contributed by atoms with E-state index in [9.17, 15) is 14.4 Å². The Kier molecular flexibility index (Phi) is 5.50. The lowest BCUT2D eigenvalue weighted by molar-refractivity contribution is -0.119. The molecule has 2 aliphatic heterocycles. The van der Waals surface area contributed by atoms with Crippen LogP contribution in [0.3, 0.4) is 0 Å². The van der Waals surface area contributed by atoms with Gasteiger partial charge in [-0.3, -0.25) is 9.59 Å². The number of hydrogen-bond donors (Lipinski definition) is 0. The van der Waals surface area contributed by atoms with Gasteiger partial charge in [0.25, 0.3) is 0 Å². The van der Waals surface area contributed by atoms with E-state index < -0.39 is 5.60 Å². The first-order chi connectivity index (χ1) is 12.7. The number of anilines is 1. The normalized spacial score (nSPS) is 19.7. The van der Waals surface area contributed by atoms with Crippen molar-refractivity contribution in [1.29, 1.82) is 0 Å². The highest BCUT2D eigenvalue weighted by Gasteiger charge is 2.28. The molecule has 1 aromatic heterocycles. The van der Waals surface area contributed by atoms with Crippen LogP contribution in [0.5, 0.6) is 0 Å². The van der Waals surface area contributed by atoms with Gasteiger partial charge >= 0.3 is 6.09 Å². The first-order valence-corrected chi connectivity index (χ1v) is 9.54. The Hall–Kier alpha value is -2.42. The summed E-state index contributed by atoms with van der Waals surface area (Å²) in [5.41, 5.74) is 0.0658. The number of amides is 1. The van der Waals surface area contributed by atoms with E-state index in [-0.39, 0.29) is 23.4 Å². The Morgan fingerprint density at radius 3 is 2.52 bits per heavy atom. The third-order valence-electron chi connectivity index (χ3n) is 3.96. The number of carbonyl (C=O) groups is 3. The number of thioether (sulfide) groups is 1. The fourth-order valence-electron chi connectivity index (χ4n) is 2.69. The van der Waals surface area contributed by atoms with E-state index >= 15 is 0 Å². The molecule has 3 heterocycles. The van der Waals surface area contributed by atoms with Crippen LogP contribution >= 0.6 is 11.8 Å². The molecule has 0 unspecified atom stereocenters. The molecule has 0 atom stereocenters. The van der Waals surface area contributed by atoms with Crippen LogP contribution in [0.15, 0.2) is 17.2 Å². The Labute approximate surface area is 162 Å². The molecule has 0 bridgehead atoms. The van der Waals surface area contributed by atoms with Crippen LogP contribution in [0.1, 0.15) is 32.9 Å². The van der Waals surface area contributed by atoms with Crippen LogP contribution in [0, 0.1) is 0 Å². The molecule has 2 fully saturated rings. The van der Waals surface area contributed by atoms with Crippen LogP contribution in [0.4, 0.5) is 10.7 Å². The fourth-order valence-corrected chi connectivity index (χ4v) is 3.50. The van der Waals surface area contributed by atoms with Gasteiger partial charge in [-0.05, 0) is 44.7 Å². The molecule has 0 radical (unpaired) electrons. The number of Topliss-reactive ketones (excluding diaryl/α,β-unsaturated/α-hetero) is 1. The minimum atomic E-state index is -0.518. The minimum absolute atomic E-state index is 0.0545. The van der Waals surface area contributed by atoms with Crippen molar-refractivity contribution in [1.82, 2.24) is 14.9 Å². The van der Waals surface area contributed by atoms with E-state index in [1.807, 2.05) is 25.7 Å². The smallest absolute Gasteiger partial charge is 0.410 e. The van der Waals surface area contributed by atoms with E-state index in [4.69, 9.17) is 4.74 Å². The molecule has 0 saturated carbocycles. The van der Waals surface area contributed by atoms with Crippen molar-refractivity contribution < 1.29 is 19.1 Å². The molecule has 1 amide bonds. The molecule has 2 aliphatic rings. The summed E-state index contributed by atoms with van der Waals surface area (Å²) in [6.07, 6.45) is 2.88. The van der Waals surface area contributed by atoms with Gasteiger partial charge in [-0.1, -0.05) is 0 Å². The first-order valence-electron chi connectivity index (χ1n) is 8.73. The van der Waals surface area contributed by atoms with E-state index in [1.54, 1.807) is 23.2 Å². The summed E-state index contributed by atoms with van der Waals surface area (Å²) < 4.78 is 5.40. The second-order valence-electron chi connectivity index (χ2n) is 7.32. The molecule has 144 valence electrons. The molecule has 1 aromatic rings. The number of allylic oxidation sites excluding steroid dienone is 1. The number of rotatable bonds is 2. The van der Waals surface area contributed by atoms with Crippen LogP contribution in [-0.2, 0) is 14.3 Å². The highest BCUT2D eigenvalue weighted by molar-refractivity contribution is 8.18. The maximum absolute atomic E-state index is 12.1. The zero-order valence-corrected chi connectivity index (χ0v) is 16.4. The maximum atomic E-state index is 12.1. The Morgan fingerprint density at radius 2 is 1.93 bits per heavy atom. The Bertz CT molecular complexity index is 795. The first kappa shape index (κ1) is 19.3. The highest BCUT2D eigenvalue weighted by atomic mass is 32.2. The minimum Gasteiger partial charge on any atom is -0.444 e. The summed E-state index contributed by atoms with van der Waals surface area (Å²) in [5.74, 6) is 0.367. The maximum Gasteiger partial charge on any atom is 0.410 e. The molecule has 2 saturated heterocycles. The number of nitrogens with zero attached hydrogens (tertiary/aromatic N) is 4. The van der Waals surface area contributed by atoms with E-state index in [2.05, 4.69) is 9.97 Å². The van der Waals surface area contributed by atoms with Crippen LogP contribution in [-0.4, -0.2) is 63.6 Å². The fraction of sp³-hybridized carbons (Fsp3) is 0.500. The summed E-state index contributed by atoms with van der Waals surface area (Å²) in [5, 5.41) is -0.140. The standard InChI is InChI=1S/C18H22N4O4S/c1-18(2,3)26-17(25)22-8-6-21(7-9-22)16-19-5-4-12(20-16)10-14-13(23)11-15(24)27-14/h4-5,10H,6-9,11H2,1-3H3/b14-10-. The molecule has 3 rings (SSSR count). The third-order valence-corrected chi connectivity index (χ3v) is 4.90. The number of ketones is 1. The summed E-state index contributed by atoms with van der Waals surface area (Å²) in [6, 6.07) is 1.70. The second kappa shape index (κ2) is 7.67. The zero-order chi connectivity index (χ0) is 19.6. The molecule has 0 N–H and O–H groups in total. The predicted molar refractivity (Wildman–Crippen MR) is 102 cm³/mol. The Morgan fingerprint density at radius 1 is 1.22 bits per heavy atom. The number of ether oxygens (including phenoxy) is 1. The average molecular weight is 390 g/mol. The van der Waals surface area contributed by atoms with Crippen LogP contribution in [0.25, 0.3) is 6.08 Å². The van der Waals surface area contributed by atoms with E-state index in [0.29, 0.717) is 42.7 Å². The largest absolute Gasteiger partial charge is 0.444 e. The van der Waals surface area contributed by atoms with Gasteiger partial charge in [0.15, 0.2) is 5.78 Å². The lowest BCUT2D eigenvalue weighted by Gasteiger charge is -2.35. The highest BCUT2D eigenvalue weighted by Crippen LogP contribution is 2.30. The van der Waals surface area contributed by atoms with E-state index in [0.717, 1.165) is 11.8 Å². The second-order valence-corrected chi connectivity index (χ2v) is 8.42. The van der Waals surface area contributed by atoms with Crippen molar-refractivity contribution >= 4 is 40.8 Å². The van der Waals surface area contributed by atoms with Gasteiger partial charge in [0, 0.05) is 32.4 Å². The van der Waals surface area contributed by atoms with Gasteiger partial charge in [0.2, 0.25) is 11.1 Å². The molecule has 27 heavy (non-hydrogen) atoms. The molecular formula is C18H22N4O4S. The van der Waals surface area contributed by atoms with Gasteiger partial charge < -0.3 is 14.5 Å². The van der Waals surface area contributed by atoms with Crippen molar-refractivity contribution in [2.75, 3.05) is 31.1 Å². The molecule has 9 heteroatoms. The third kappa shape index (κ3) is 5.06. The van der Waals surface area contributed by atoms with Gasteiger partial charge in [0.1, 0.15) is 5.60 Å². The molecule has 8 nitrogen and oxygen atoms in total. The molecule has 0 spiro atoms. The average Bonchev–Trinajstić information content (AvgIpc) is 2.91. The number of piperazine rings is 1. The summed E-state index contributed by atoms with van der Waals surface area (Å²) >= 11 is 0.958. The van der Waals surface area contributed by atoms with Crippen molar-refractivity contribution in [3.05, 3.63) is 22.9 Å². The molecular weight excluding hydrogens is 368 g/mol. The number of aromatic nitrogens is 2. The number of carbonyl (C=O) groups excluding carboxylic acids is 3. The van der Waals surface area contributed by atoms with E-state index in [1.165, 1.54) is 0 Å². The van der Waals surface area contributed by atoms with Gasteiger partial charge in [0.05, 0.1) is 17.0 Å². The van der Waals surface area contributed by atoms with Crippen LogP contribution in [0.2, 0.25) is 0 Å². The topological polar surface area (TPSA) is 92.7 Å². The molecule has 0 aliphatic carbocycles. The zero-order valence-electron chi connectivity index (χ0n) is 15.6. The molecule has 0 aromatic carbocycles. The number of hydrogen-bond acceptors (Lipinski definition) is 8. The summed E-state index contributed by atoms with van der Waals surface area (Å²) in [4.78, 5) is 48.1. The van der Waals surface area contributed by atoms with Crippen molar-refractivity contribution in [3.63, 3.8) is 0 Å². The SMILES string of the molecule is CC(C)(C)OC(=O)N1CCN(c2nccc(/C=C3\SC(=O)CC3=O)n2)CC1. The monoisotopic (exact) mass is 390 g/mol. The lowest BCUT2D eigenvalue weighted by Crippen LogP contribution is -2.50. The van der Waals surface area contributed by atoms with Gasteiger partial charge in [-0.25, -0.2) is 14.8 Å². The quantitative estimate of drug-likeness (QED) is 0.560. The summed E-state index contributed by atoms with van der Waals surface area (Å²) in [7, 11) is 0. The van der Waals surface area contributed by atoms with Crippen molar-refractivity contribution in [2.45, 2.75) is 32.8 Å². The predicted octanol–water partition coefficient (Wildman–Crippen LogP) is 2.11. The summed E-state index contributed by atoms with van der Waals surface area (Å²) in [6.45, 7) is 7.75.